The lowest BCUT2D eigenvalue weighted by Gasteiger charge is -2.14. The van der Waals surface area contributed by atoms with Crippen molar-refractivity contribution in [2.75, 3.05) is 0 Å². The van der Waals surface area contributed by atoms with Crippen molar-refractivity contribution in [3.05, 3.63) is 388 Å². The lowest BCUT2D eigenvalue weighted by atomic mass is 9.96. The molecule has 0 atom stereocenters. The molecule has 0 fully saturated rings. The van der Waals surface area contributed by atoms with E-state index >= 15 is 0 Å². The van der Waals surface area contributed by atoms with Gasteiger partial charge < -0.3 is 9.13 Å². The minimum Gasteiger partial charge on any atom is -0.307 e. The fourth-order valence-electron chi connectivity index (χ4n) is 16.8. The third kappa shape index (κ3) is 10.7. The van der Waals surface area contributed by atoms with Crippen LogP contribution in [0, 0.1) is 0 Å². The number of rotatable bonds is 13. The standard InChI is InChI=1S/C102H64N10/c1-5-22-65(23-6-1)67-44-50-74(51-45-67)99-104-100(108-102(107-99)111-91-38-19-15-34-83(91)87-62-60-85-81-32-13-17-36-89(81)109(93(85)95(87)111)79-30-11-4-12-31-79)75-52-46-69(47-53-75)68-40-42-71(43-41-68)77-28-21-29-78(64-77)72-48-54-76(55-49-72)98-103-97(73-26-9-3-10-27-73)105-101(106-98)112-92-39-20-16-35-84(92)88-63-61-86-82-33-14-18-37-90(82)110(94(86)96(88)112)80-58-56-70(57-59-80)66-24-7-2-8-25-66/h1-64H. The second-order valence-corrected chi connectivity index (χ2v) is 28.6. The summed E-state index contributed by atoms with van der Waals surface area (Å²) in [6.45, 7) is 0. The van der Waals surface area contributed by atoms with Gasteiger partial charge in [0.25, 0.3) is 0 Å². The molecule has 0 N–H and O–H groups in total. The maximum absolute atomic E-state index is 5.49. The van der Waals surface area contributed by atoms with E-state index < -0.39 is 0 Å². The van der Waals surface area contributed by atoms with Crippen LogP contribution in [0.25, 0.3) is 212 Å². The van der Waals surface area contributed by atoms with Gasteiger partial charge in [-0.2, -0.15) is 19.9 Å². The number of para-hydroxylation sites is 5. The van der Waals surface area contributed by atoms with Gasteiger partial charge in [-0.25, -0.2) is 9.97 Å². The average molecular weight is 1430 g/mol. The Labute approximate surface area is 644 Å². The minimum absolute atomic E-state index is 0.532. The zero-order valence-electron chi connectivity index (χ0n) is 60.4. The highest BCUT2D eigenvalue weighted by Gasteiger charge is 2.27. The summed E-state index contributed by atoms with van der Waals surface area (Å²) in [5.41, 5.74) is 25.3. The Hall–Kier alpha value is -15.3. The van der Waals surface area contributed by atoms with Crippen LogP contribution in [0.2, 0.25) is 0 Å². The quantitative estimate of drug-likeness (QED) is 0.114. The molecule has 522 valence electrons. The number of hydrogen-bond donors (Lipinski definition) is 0. The summed E-state index contributed by atoms with van der Waals surface area (Å²) in [5, 5.41) is 9.07. The normalized spacial score (nSPS) is 11.8. The molecular weight excluding hydrogens is 1370 g/mol. The third-order valence-corrected chi connectivity index (χ3v) is 22.1. The third-order valence-electron chi connectivity index (χ3n) is 22.1. The van der Waals surface area contributed by atoms with Crippen molar-refractivity contribution in [2.45, 2.75) is 0 Å². The van der Waals surface area contributed by atoms with E-state index in [1.54, 1.807) is 0 Å². The summed E-state index contributed by atoms with van der Waals surface area (Å²) in [5.74, 6) is 3.37. The Kier molecular flexibility index (Phi) is 15.0. The van der Waals surface area contributed by atoms with Crippen molar-refractivity contribution < 1.29 is 0 Å². The Bertz CT molecular complexity index is 7420. The Morgan fingerprint density at radius 3 is 0.705 bits per heavy atom. The molecule has 0 saturated heterocycles. The van der Waals surface area contributed by atoms with Crippen LogP contribution < -0.4 is 0 Å². The van der Waals surface area contributed by atoms with Crippen LogP contribution in [0.5, 0.6) is 0 Å². The van der Waals surface area contributed by atoms with Crippen LogP contribution in [0.4, 0.5) is 0 Å². The van der Waals surface area contributed by atoms with E-state index in [-0.39, 0.29) is 0 Å². The first-order chi connectivity index (χ1) is 55.5. The summed E-state index contributed by atoms with van der Waals surface area (Å²) >= 11 is 0. The summed E-state index contributed by atoms with van der Waals surface area (Å²) in [6, 6.07) is 138. The predicted molar refractivity (Wildman–Crippen MR) is 459 cm³/mol. The van der Waals surface area contributed by atoms with E-state index in [9.17, 15) is 0 Å². The van der Waals surface area contributed by atoms with Crippen LogP contribution >= 0.6 is 0 Å². The summed E-state index contributed by atoms with van der Waals surface area (Å²) in [7, 11) is 0. The van der Waals surface area contributed by atoms with E-state index in [0.717, 1.165) is 160 Å². The first kappa shape index (κ1) is 64.0. The van der Waals surface area contributed by atoms with E-state index in [1.807, 2.05) is 24.3 Å². The van der Waals surface area contributed by atoms with Gasteiger partial charge in [0.15, 0.2) is 23.3 Å². The molecule has 0 saturated carbocycles. The summed E-state index contributed by atoms with van der Waals surface area (Å²) in [4.78, 5) is 32.4. The smallest absolute Gasteiger partial charge is 0.238 e. The average Bonchev–Trinajstić information content (AvgIpc) is 1.55. The molecule has 22 aromatic rings. The second kappa shape index (κ2) is 26.3. The number of fused-ring (bicyclic) bond motifs is 14. The van der Waals surface area contributed by atoms with Crippen LogP contribution in [-0.2, 0) is 0 Å². The maximum atomic E-state index is 5.49. The molecular formula is C102H64N10. The van der Waals surface area contributed by atoms with Gasteiger partial charge in [-0.05, 0) is 110 Å². The van der Waals surface area contributed by atoms with Crippen LogP contribution in [0.1, 0.15) is 0 Å². The number of nitrogens with zero attached hydrogens (tertiary/aromatic N) is 10. The highest BCUT2D eigenvalue weighted by atomic mass is 15.2. The predicted octanol–water partition coefficient (Wildman–Crippen LogP) is 25.4. The van der Waals surface area contributed by atoms with Gasteiger partial charge in [0.05, 0.1) is 44.1 Å². The van der Waals surface area contributed by atoms with Crippen LogP contribution in [0.15, 0.2) is 388 Å². The van der Waals surface area contributed by atoms with Crippen molar-refractivity contribution in [1.82, 2.24) is 48.2 Å². The van der Waals surface area contributed by atoms with E-state index in [0.29, 0.717) is 35.2 Å². The molecule has 16 aromatic carbocycles. The van der Waals surface area contributed by atoms with Gasteiger partial charge in [0.1, 0.15) is 0 Å². The zero-order chi connectivity index (χ0) is 73.7. The van der Waals surface area contributed by atoms with Gasteiger partial charge in [0.2, 0.25) is 11.9 Å². The van der Waals surface area contributed by atoms with Gasteiger partial charge in [-0.3, -0.25) is 9.13 Å². The van der Waals surface area contributed by atoms with Crippen molar-refractivity contribution in [1.29, 1.82) is 0 Å². The molecule has 112 heavy (non-hydrogen) atoms. The fraction of sp³-hybridized carbons (Fsp3) is 0. The van der Waals surface area contributed by atoms with Gasteiger partial charge in [-0.15, -0.1) is 0 Å². The zero-order valence-corrected chi connectivity index (χ0v) is 60.4. The molecule has 22 rings (SSSR count). The Morgan fingerprint density at radius 1 is 0.143 bits per heavy atom. The summed E-state index contributed by atoms with van der Waals surface area (Å²) in [6.07, 6.45) is 0. The molecule has 0 radical (unpaired) electrons. The van der Waals surface area contributed by atoms with Crippen molar-refractivity contribution >= 4 is 87.2 Å². The molecule has 10 nitrogen and oxygen atoms in total. The molecule has 6 aromatic heterocycles. The Morgan fingerprint density at radius 2 is 0.366 bits per heavy atom. The molecule has 0 bridgehead atoms. The minimum atomic E-state index is 0.532. The maximum Gasteiger partial charge on any atom is 0.238 e. The monoisotopic (exact) mass is 1430 g/mol. The van der Waals surface area contributed by atoms with Gasteiger partial charge in [-0.1, -0.05) is 334 Å². The SMILES string of the molecule is c1ccc(-c2ccc(-c3nc(-c4ccc(-c5ccc(-c6cccc(-c7ccc(-c8nc(-c9ccccc9)nc(-n9c%10ccccc%10c%10ccc%11c%12ccccc%12n(-c%12ccc(-c%13ccccc%13)cc%12)c%11c%109)n8)cc7)c6)cc5)cc4)nc(-n4c5ccccc5c5ccc6c7ccccc7n(-c7ccccc7)c6c54)n3)cc2)cc1. The van der Waals surface area contributed by atoms with E-state index in [2.05, 4.69) is 382 Å². The van der Waals surface area contributed by atoms with Crippen molar-refractivity contribution in [3.63, 3.8) is 0 Å². The van der Waals surface area contributed by atoms with Gasteiger partial charge in [0, 0.05) is 76.7 Å². The highest BCUT2D eigenvalue weighted by molar-refractivity contribution is 6.25. The summed E-state index contributed by atoms with van der Waals surface area (Å²) < 4.78 is 9.32. The molecule has 0 spiro atoms. The van der Waals surface area contributed by atoms with Crippen LogP contribution in [0.3, 0.4) is 0 Å². The first-order valence-corrected chi connectivity index (χ1v) is 37.8. The topological polar surface area (TPSA) is 97.1 Å². The molecule has 0 aliphatic carbocycles. The number of aromatic nitrogens is 10. The molecule has 10 heteroatoms. The number of benzene rings is 16. The lowest BCUT2D eigenvalue weighted by Crippen LogP contribution is -2.07. The largest absolute Gasteiger partial charge is 0.307 e. The second-order valence-electron chi connectivity index (χ2n) is 28.6. The highest BCUT2D eigenvalue weighted by Crippen LogP contribution is 2.45. The molecule has 0 aliphatic rings. The molecule has 0 amide bonds. The van der Waals surface area contributed by atoms with Crippen molar-refractivity contribution in [2.24, 2.45) is 0 Å². The van der Waals surface area contributed by atoms with E-state index in [1.165, 1.54) is 16.3 Å². The fourth-order valence-corrected chi connectivity index (χ4v) is 16.8. The molecule has 0 unspecified atom stereocenters. The van der Waals surface area contributed by atoms with Crippen LogP contribution in [-0.4, -0.2) is 48.2 Å². The first-order valence-electron chi connectivity index (χ1n) is 37.8. The Balaban J connectivity index is 0.596. The van der Waals surface area contributed by atoms with E-state index in [4.69, 9.17) is 29.9 Å². The molecule has 0 aliphatic heterocycles. The molecule has 6 heterocycles. The van der Waals surface area contributed by atoms with Crippen molar-refractivity contribution in [3.8, 4) is 124 Å². The van der Waals surface area contributed by atoms with Gasteiger partial charge >= 0.3 is 0 Å². The number of hydrogen-bond acceptors (Lipinski definition) is 6. The lowest BCUT2D eigenvalue weighted by molar-refractivity contribution is 0.953.